The molecule has 0 bridgehead atoms. The summed E-state index contributed by atoms with van der Waals surface area (Å²) >= 11 is 0. The molecule has 2 atom stereocenters. The number of piperazine rings is 1. The Morgan fingerprint density at radius 2 is 1.89 bits per heavy atom. The van der Waals surface area contributed by atoms with E-state index in [1.807, 2.05) is 0 Å². The summed E-state index contributed by atoms with van der Waals surface area (Å²) in [5, 5.41) is 9.32. The summed E-state index contributed by atoms with van der Waals surface area (Å²) < 4.78 is 43.1. The summed E-state index contributed by atoms with van der Waals surface area (Å²) in [6.45, 7) is 7.78. The molecule has 184 valence electrons. The van der Waals surface area contributed by atoms with Gasteiger partial charge in [-0.05, 0) is 56.2 Å². The molecule has 3 heterocycles. The second kappa shape index (κ2) is 9.23. The fourth-order valence-corrected chi connectivity index (χ4v) is 4.61. The van der Waals surface area contributed by atoms with Crippen LogP contribution in [-0.4, -0.2) is 46.0 Å². The van der Waals surface area contributed by atoms with Crippen LogP contribution < -0.4 is 15.2 Å². The van der Waals surface area contributed by atoms with Gasteiger partial charge in [0.1, 0.15) is 23.0 Å². The Bertz CT molecular complexity index is 1360. The maximum Gasteiger partial charge on any atom is 0.573 e. The zero-order valence-electron chi connectivity index (χ0n) is 19.9. The number of nitriles is 1. The predicted molar refractivity (Wildman–Crippen MR) is 126 cm³/mol. The number of aryl methyl sites for hydroxylation is 2. The highest BCUT2D eigenvalue weighted by molar-refractivity contribution is 5.89. The zero-order chi connectivity index (χ0) is 25.5. The fourth-order valence-electron chi connectivity index (χ4n) is 4.61. The van der Waals surface area contributed by atoms with Crippen LogP contribution in [0.15, 0.2) is 41.2 Å². The minimum atomic E-state index is -4.72. The van der Waals surface area contributed by atoms with Gasteiger partial charge in [0.15, 0.2) is 0 Å². The Morgan fingerprint density at radius 1 is 1.14 bits per heavy atom. The third-order valence-corrected chi connectivity index (χ3v) is 6.53. The highest BCUT2D eigenvalue weighted by atomic mass is 19.4. The lowest BCUT2D eigenvalue weighted by Crippen LogP contribution is -2.56. The van der Waals surface area contributed by atoms with E-state index in [2.05, 4.69) is 39.4 Å². The minimum Gasteiger partial charge on any atom is -0.406 e. The Kier molecular flexibility index (Phi) is 6.47. The summed E-state index contributed by atoms with van der Waals surface area (Å²) in [5.41, 5.74) is 3.73. The second-order valence-corrected chi connectivity index (χ2v) is 9.02. The molecule has 1 aliphatic rings. The van der Waals surface area contributed by atoms with Gasteiger partial charge in [-0.1, -0.05) is 6.07 Å². The zero-order valence-corrected chi connectivity index (χ0v) is 19.9. The van der Waals surface area contributed by atoms with Crippen molar-refractivity contribution in [2.75, 3.05) is 18.0 Å². The molecular formula is C25H26F3N5O2. The van der Waals surface area contributed by atoms with Crippen molar-refractivity contribution in [2.45, 2.75) is 45.8 Å². The van der Waals surface area contributed by atoms with E-state index in [4.69, 9.17) is 0 Å². The number of ether oxygens (including phenoxy) is 1. The van der Waals surface area contributed by atoms with Crippen LogP contribution in [0.4, 0.5) is 18.9 Å². The van der Waals surface area contributed by atoms with Gasteiger partial charge in [-0.3, -0.25) is 9.69 Å². The highest BCUT2D eigenvalue weighted by Gasteiger charge is 2.32. The molecule has 0 amide bonds. The first-order valence-electron chi connectivity index (χ1n) is 11.2. The van der Waals surface area contributed by atoms with Crippen molar-refractivity contribution < 1.29 is 17.9 Å². The molecule has 4 rings (SSSR count). The second-order valence-electron chi connectivity index (χ2n) is 9.02. The molecule has 35 heavy (non-hydrogen) atoms. The molecule has 0 N–H and O–H groups in total. The fraction of sp³-hybridized carbons (Fsp3) is 0.400. The molecule has 1 fully saturated rings. The predicted octanol–water partition coefficient (Wildman–Crippen LogP) is 4.11. The largest absolute Gasteiger partial charge is 0.573 e. The summed E-state index contributed by atoms with van der Waals surface area (Å²) in [6, 6.07) is 11.5. The van der Waals surface area contributed by atoms with Crippen molar-refractivity contribution in [3.8, 4) is 11.8 Å². The molecule has 1 aliphatic heterocycles. The number of aromatic nitrogens is 2. The third-order valence-electron chi connectivity index (χ3n) is 6.53. The quantitative estimate of drug-likeness (QED) is 0.554. The van der Waals surface area contributed by atoms with Crippen LogP contribution in [0, 0.1) is 18.3 Å². The van der Waals surface area contributed by atoms with Crippen LogP contribution in [0.1, 0.15) is 30.7 Å². The first-order valence-corrected chi connectivity index (χ1v) is 11.2. The summed E-state index contributed by atoms with van der Waals surface area (Å²) in [4.78, 5) is 21.6. The molecule has 0 spiro atoms. The Balaban J connectivity index is 1.58. The molecular weight excluding hydrogens is 459 g/mol. The molecule has 3 aromatic rings. The summed E-state index contributed by atoms with van der Waals surface area (Å²) in [7, 11) is 1.68. The molecule has 1 saturated heterocycles. The number of hydrogen-bond donors (Lipinski definition) is 0. The van der Waals surface area contributed by atoms with Gasteiger partial charge in [0.2, 0.25) is 0 Å². The van der Waals surface area contributed by atoms with E-state index in [-0.39, 0.29) is 29.1 Å². The number of alkyl halides is 3. The van der Waals surface area contributed by atoms with E-state index in [1.54, 1.807) is 38.2 Å². The summed E-state index contributed by atoms with van der Waals surface area (Å²) in [6.07, 6.45) is -4.72. The molecule has 0 unspecified atom stereocenters. The van der Waals surface area contributed by atoms with Crippen LogP contribution >= 0.6 is 0 Å². The first kappa shape index (κ1) is 24.5. The van der Waals surface area contributed by atoms with Gasteiger partial charge in [-0.2, -0.15) is 5.26 Å². The van der Waals surface area contributed by atoms with E-state index in [1.165, 1.54) is 16.7 Å². The monoisotopic (exact) mass is 485 g/mol. The van der Waals surface area contributed by atoms with Crippen LogP contribution in [0.25, 0.3) is 11.0 Å². The molecule has 7 nitrogen and oxygen atoms in total. The highest BCUT2D eigenvalue weighted by Crippen LogP contribution is 2.30. The van der Waals surface area contributed by atoms with Crippen molar-refractivity contribution in [2.24, 2.45) is 7.05 Å². The normalized spacial score (nSPS) is 19.1. The van der Waals surface area contributed by atoms with Crippen molar-refractivity contribution in [3.63, 3.8) is 0 Å². The lowest BCUT2D eigenvalue weighted by atomic mass is 10.0. The maximum atomic E-state index is 12.6. The molecule has 2 aromatic heterocycles. The minimum absolute atomic E-state index is 0.0298. The smallest absolute Gasteiger partial charge is 0.406 e. The molecule has 0 aliphatic carbocycles. The number of anilines is 1. The number of pyridine rings is 2. The number of benzene rings is 1. The Hall–Kier alpha value is -3.58. The standard InChI is InChI=1S/C25H26F3N5O2/c1-15-9-20(35-25(26,27)28)7-5-18(15)14-32-12-17(3)33(13-16(32)2)22-10-23(34)31(4)21-8-6-19(11-29)30-24(21)22/h5-10,16-17H,12-14H2,1-4H3/t16-,17+/m1/s1. The van der Waals surface area contributed by atoms with Gasteiger partial charge in [-0.15, -0.1) is 13.2 Å². The molecule has 10 heteroatoms. The third kappa shape index (κ3) is 5.10. The van der Waals surface area contributed by atoms with Gasteiger partial charge in [0.05, 0.1) is 11.2 Å². The van der Waals surface area contributed by atoms with Crippen LogP contribution in [0.2, 0.25) is 0 Å². The number of halogens is 3. The number of nitrogens with zero attached hydrogens (tertiary/aromatic N) is 5. The van der Waals surface area contributed by atoms with Crippen molar-refractivity contribution >= 4 is 16.7 Å². The summed E-state index contributed by atoms with van der Waals surface area (Å²) in [5.74, 6) is -0.230. The lowest BCUT2D eigenvalue weighted by molar-refractivity contribution is -0.274. The number of fused-ring (bicyclic) bond motifs is 1. The van der Waals surface area contributed by atoms with E-state index in [9.17, 15) is 23.2 Å². The average molecular weight is 486 g/mol. The topological polar surface area (TPSA) is 74.4 Å². The van der Waals surface area contributed by atoms with Gasteiger partial charge in [-0.25, -0.2) is 4.98 Å². The van der Waals surface area contributed by atoms with E-state index in [0.717, 1.165) is 11.1 Å². The van der Waals surface area contributed by atoms with E-state index >= 15 is 0 Å². The van der Waals surface area contributed by atoms with Gasteiger partial charge in [0, 0.05) is 44.8 Å². The molecule has 1 aromatic carbocycles. The van der Waals surface area contributed by atoms with Crippen LogP contribution in [-0.2, 0) is 13.6 Å². The average Bonchev–Trinajstić information content (AvgIpc) is 2.79. The lowest BCUT2D eigenvalue weighted by Gasteiger charge is -2.45. The molecule has 0 radical (unpaired) electrons. The Morgan fingerprint density at radius 3 is 2.54 bits per heavy atom. The van der Waals surface area contributed by atoms with Crippen LogP contribution in [0.5, 0.6) is 5.75 Å². The van der Waals surface area contributed by atoms with Crippen LogP contribution in [0.3, 0.4) is 0 Å². The number of rotatable bonds is 4. The van der Waals surface area contributed by atoms with Crippen molar-refractivity contribution in [3.05, 3.63) is 63.6 Å². The first-order chi connectivity index (χ1) is 16.5. The van der Waals surface area contributed by atoms with Crippen molar-refractivity contribution in [1.29, 1.82) is 5.26 Å². The molecule has 0 saturated carbocycles. The van der Waals surface area contributed by atoms with E-state index < -0.39 is 6.36 Å². The van der Waals surface area contributed by atoms with Gasteiger partial charge in [0.25, 0.3) is 5.56 Å². The SMILES string of the molecule is Cc1cc(OC(F)(F)F)ccc1CN1C[C@H](C)N(c2cc(=O)n(C)c3ccc(C#N)nc23)C[C@H]1C. The van der Waals surface area contributed by atoms with Gasteiger partial charge < -0.3 is 14.2 Å². The number of hydrogen-bond acceptors (Lipinski definition) is 6. The Labute approximate surface area is 201 Å². The maximum absolute atomic E-state index is 12.6. The van der Waals surface area contributed by atoms with Gasteiger partial charge >= 0.3 is 6.36 Å². The van der Waals surface area contributed by atoms with E-state index in [0.29, 0.717) is 36.4 Å². The van der Waals surface area contributed by atoms with Crippen molar-refractivity contribution in [1.82, 2.24) is 14.5 Å².